The number of carbonyl (C=O) groups is 1. The molecule has 0 bridgehead atoms. The molecule has 23 heavy (non-hydrogen) atoms. The van der Waals surface area contributed by atoms with Gasteiger partial charge in [-0.25, -0.2) is 4.79 Å². The highest BCUT2D eigenvalue weighted by Gasteiger charge is 2.25. The van der Waals surface area contributed by atoms with Crippen LogP contribution in [0.1, 0.15) is 18.4 Å². The van der Waals surface area contributed by atoms with E-state index < -0.39 is 0 Å². The molecule has 2 aliphatic rings. The van der Waals surface area contributed by atoms with Crippen molar-refractivity contribution < 1.29 is 9.53 Å². The maximum absolute atomic E-state index is 12.4. The topological polar surface area (TPSA) is 44.8 Å². The SMILES string of the molecule is Cc1ccc(NC(=O)N2CCN(CC3CCCO3)CC2)c(Br)c1. The van der Waals surface area contributed by atoms with Crippen molar-refractivity contribution in [3.8, 4) is 0 Å². The Hall–Kier alpha value is -1.11. The molecule has 1 aromatic carbocycles. The van der Waals surface area contributed by atoms with Crippen molar-refractivity contribution in [1.82, 2.24) is 9.80 Å². The molecule has 0 radical (unpaired) electrons. The van der Waals surface area contributed by atoms with Crippen molar-refractivity contribution in [1.29, 1.82) is 0 Å². The minimum atomic E-state index is -0.0219. The van der Waals surface area contributed by atoms with E-state index in [0.717, 1.165) is 55.1 Å². The lowest BCUT2D eigenvalue weighted by atomic mass is 10.2. The molecule has 0 spiro atoms. The number of hydrogen-bond donors (Lipinski definition) is 1. The summed E-state index contributed by atoms with van der Waals surface area (Å²) in [5, 5.41) is 2.99. The molecule has 1 N–H and O–H groups in total. The van der Waals surface area contributed by atoms with Crippen LogP contribution in [-0.4, -0.2) is 61.3 Å². The monoisotopic (exact) mass is 381 g/mol. The molecule has 0 aromatic heterocycles. The highest BCUT2D eigenvalue weighted by Crippen LogP contribution is 2.24. The normalized spacial score (nSPS) is 22.3. The zero-order valence-electron chi connectivity index (χ0n) is 13.6. The molecule has 2 aliphatic heterocycles. The van der Waals surface area contributed by atoms with Gasteiger partial charge in [-0.15, -0.1) is 0 Å². The van der Waals surface area contributed by atoms with Crippen LogP contribution in [0.3, 0.4) is 0 Å². The summed E-state index contributed by atoms with van der Waals surface area (Å²) in [4.78, 5) is 16.7. The van der Waals surface area contributed by atoms with Crippen LogP contribution >= 0.6 is 15.9 Å². The van der Waals surface area contributed by atoms with Crippen LogP contribution in [0, 0.1) is 6.92 Å². The number of piperazine rings is 1. The smallest absolute Gasteiger partial charge is 0.321 e. The Morgan fingerprint density at radius 2 is 2.13 bits per heavy atom. The van der Waals surface area contributed by atoms with Gasteiger partial charge in [-0.3, -0.25) is 4.90 Å². The van der Waals surface area contributed by atoms with Gasteiger partial charge < -0.3 is 15.0 Å². The number of halogens is 1. The maximum Gasteiger partial charge on any atom is 0.321 e. The van der Waals surface area contributed by atoms with Crippen molar-refractivity contribution in [3.05, 3.63) is 28.2 Å². The molecule has 0 saturated carbocycles. The third-order valence-corrected chi connectivity index (χ3v) is 5.17. The zero-order chi connectivity index (χ0) is 16.2. The molecule has 1 unspecified atom stereocenters. The lowest BCUT2D eigenvalue weighted by Gasteiger charge is -2.35. The van der Waals surface area contributed by atoms with Crippen molar-refractivity contribution in [3.63, 3.8) is 0 Å². The first-order chi connectivity index (χ1) is 11.1. The maximum atomic E-state index is 12.4. The van der Waals surface area contributed by atoms with Crippen molar-refractivity contribution in [2.24, 2.45) is 0 Å². The highest BCUT2D eigenvalue weighted by atomic mass is 79.9. The third-order valence-electron chi connectivity index (χ3n) is 4.51. The van der Waals surface area contributed by atoms with Gasteiger partial charge >= 0.3 is 6.03 Å². The van der Waals surface area contributed by atoms with E-state index in [1.807, 2.05) is 30.0 Å². The summed E-state index contributed by atoms with van der Waals surface area (Å²) < 4.78 is 6.61. The molecule has 3 rings (SSSR count). The van der Waals surface area contributed by atoms with E-state index in [4.69, 9.17) is 4.74 Å². The molecule has 2 saturated heterocycles. The molecule has 2 fully saturated rings. The lowest BCUT2D eigenvalue weighted by Crippen LogP contribution is -2.51. The summed E-state index contributed by atoms with van der Waals surface area (Å²) in [7, 11) is 0. The van der Waals surface area contributed by atoms with Gasteiger partial charge in [-0.1, -0.05) is 6.07 Å². The number of anilines is 1. The number of nitrogens with zero attached hydrogens (tertiary/aromatic N) is 2. The molecule has 5 nitrogen and oxygen atoms in total. The van der Waals surface area contributed by atoms with Gasteiger partial charge in [0.2, 0.25) is 0 Å². The zero-order valence-corrected chi connectivity index (χ0v) is 15.1. The number of nitrogens with one attached hydrogen (secondary N) is 1. The molecular weight excluding hydrogens is 358 g/mol. The second kappa shape index (κ2) is 7.64. The fourth-order valence-corrected chi connectivity index (χ4v) is 3.72. The van der Waals surface area contributed by atoms with E-state index in [2.05, 4.69) is 26.1 Å². The molecule has 6 heteroatoms. The van der Waals surface area contributed by atoms with E-state index in [1.165, 1.54) is 12.8 Å². The van der Waals surface area contributed by atoms with E-state index in [9.17, 15) is 4.79 Å². The van der Waals surface area contributed by atoms with Crippen LogP contribution < -0.4 is 5.32 Å². The Balaban J connectivity index is 1.47. The number of ether oxygens (including phenoxy) is 1. The minimum absolute atomic E-state index is 0.0219. The van der Waals surface area contributed by atoms with Gasteiger partial charge in [0.15, 0.2) is 0 Å². The Labute approximate surface area is 146 Å². The predicted molar refractivity (Wildman–Crippen MR) is 94.9 cm³/mol. The van der Waals surface area contributed by atoms with Gasteiger partial charge in [-0.2, -0.15) is 0 Å². The second-order valence-electron chi connectivity index (χ2n) is 6.34. The Morgan fingerprint density at radius 3 is 2.78 bits per heavy atom. The molecule has 0 aliphatic carbocycles. The fourth-order valence-electron chi connectivity index (χ4n) is 3.13. The summed E-state index contributed by atoms with van der Waals surface area (Å²) in [6.07, 6.45) is 2.74. The summed E-state index contributed by atoms with van der Waals surface area (Å²) in [6.45, 7) is 7.30. The van der Waals surface area contributed by atoms with Crippen LogP contribution in [0.15, 0.2) is 22.7 Å². The van der Waals surface area contributed by atoms with Crippen molar-refractivity contribution in [2.45, 2.75) is 25.9 Å². The quantitative estimate of drug-likeness (QED) is 0.874. The highest BCUT2D eigenvalue weighted by molar-refractivity contribution is 9.10. The second-order valence-corrected chi connectivity index (χ2v) is 7.19. The molecule has 126 valence electrons. The average molecular weight is 382 g/mol. The first-order valence-corrected chi connectivity index (χ1v) is 9.07. The lowest BCUT2D eigenvalue weighted by molar-refractivity contribution is 0.0572. The van der Waals surface area contributed by atoms with E-state index in [1.54, 1.807) is 0 Å². The van der Waals surface area contributed by atoms with Gasteiger partial charge in [0, 0.05) is 43.8 Å². The van der Waals surface area contributed by atoms with Gasteiger partial charge in [-0.05, 0) is 53.4 Å². The molecule has 1 atom stereocenters. The number of hydrogen-bond acceptors (Lipinski definition) is 3. The predicted octanol–water partition coefficient (Wildman–Crippen LogP) is 3.09. The number of amides is 2. The number of carbonyl (C=O) groups excluding carboxylic acids is 1. The van der Waals surface area contributed by atoms with Gasteiger partial charge in [0.05, 0.1) is 11.8 Å². The summed E-state index contributed by atoms with van der Waals surface area (Å²) in [6, 6.07) is 5.92. The Kier molecular flexibility index (Phi) is 5.56. The molecule has 2 amide bonds. The number of rotatable bonds is 3. The average Bonchev–Trinajstić information content (AvgIpc) is 3.04. The first kappa shape index (κ1) is 16.7. The first-order valence-electron chi connectivity index (χ1n) is 8.28. The van der Waals surface area contributed by atoms with Crippen LogP contribution in [0.5, 0.6) is 0 Å². The molecule has 2 heterocycles. The van der Waals surface area contributed by atoms with E-state index in [-0.39, 0.29) is 6.03 Å². The Bertz CT molecular complexity index is 553. The van der Waals surface area contributed by atoms with Gasteiger partial charge in [0.1, 0.15) is 0 Å². The van der Waals surface area contributed by atoms with Crippen LogP contribution in [0.4, 0.5) is 10.5 Å². The third kappa shape index (κ3) is 4.46. The summed E-state index contributed by atoms with van der Waals surface area (Å²) in [5.74, 6) is 0. The summed E-state index contributed by atoms with van der Waals surface area (Å²) >= 11 is 3.50. The van der Waals surface area contributed by atoms with E-state index in [0.29, 0.717) is 6.10 Å². The standard InChI is InChI=1S/C17H24BrN3O2/c1-13-4-5-16(15(18)11-13)19-17(22)21-8-6-20(7-9-21)12-14-3-2-10-23-14/h4-5,11,14H,2-3,6-10,12H2,1H3,(H,19,22). The largest absolute Gasteiger partial charge is 0.377 e. The van der Waals surface area contributed by atoms with Crippen LogP contribution in [0.2, 0.25) is 0 Å². The van der Waals surface area contributed by atoms with Crippen LogP contribution in [0.25, 0.3) is 0 Å². The number of benzene rings is 1. The van der Waals surface area contributed by atoms with Crippen molar-refractivity contribution in [2.75, 3.05) is 44.6 Å². The van der Waals surface area contributed by atoms with Crippen LogP contribution in [-0.2, 0) is 4.74 Å². The van der Waals surface area contributed by atoms with Crippen molar-refractivity contribution >= 4 is 27.6 Å². The minimum Gasteiger partial charge on any atom is -0.377 e. The Morgan fingerprint density at radius 1 is 1.35 bits per heavy atom. The number of aryl methyl sites for hydroxylation is 1. The fraction of sp³-hybridized carbons (Fsp3) is 0.588. The van der Waals surface area contributed by atoms with Gasteiger partial charge in [0.25, 0.3) is 0 Å². The molecular formula is C17H24BrN3O2. The molecule has 1 aromatic rings. The summed E-state index contributed by atoms with van der Waals surface area (Å²) in [5.41, 5.74) is 1.99. The number of urea groups is 1. The van der Waals surface area contributed by atoms with E-state index >= 15 is 0 Å².